The highest BCUT2D eigenvalue weighted by Crippen LogP contribution is 2.41. The Kier molecular flexibility index (Phi) is 6.76. The van der Waals surface area contributed by atoms with Gasteiger partial charge in [0, 0.05) is 55.4 Å². The summed E-state index contributed by atoms with van der Waals surface area (Å²) < 4.78 is 8.67. The zero-order valence-electron chi connectivity index (χ0n) is 27.7. The number of aromatic nitrogens is 4. The molecular weight excluding hydrogens is 639 g/mol. The molecule has 3 aromatic heterocycles. The van der Waals surface area contributed by atoms with Gasteiger partial charge in [-0.3, -0.25) is 0 Å². The van der Waals surface area contributed by atoms with E-state index in [1.807, 2.05) is 103 Å². The highest BCUT2D eigenvalue weighted by atomic mass is 16.3. The lowest BCUT2D eigenvalue weighted by atomic mass is 9.96. The minimum absolute atomic E-state index is 0.543. The molecule has 6 heteroatoms. The van der Waals surface area contributed by atoms with Gasteiger partial charge in [-0.15, -0.1) is 0 Å². The molecule has 0 aliphatic carbocycles. The molecule has 0 aliphatic heterocycles. The predicted molar refractivity (Wildman–Crippen MR) is 208 cm³/mol. The molecule has 0 spiro atoms. The van der Waals surface area contributed by atoms with Crippen LogP contribution in [-0.4, -0.2) is 19.5 Å². The van der Waals surface area contributed by atoms with Crippen LogP contribution in [0, 0.1) is 11.3 Å². The van der Waals surface area contributed by atoms with Crippen LogP contribution in [0.25, 0.3) is 94.7 Å². The van der Waals surface area contributed by atoms with Crippen molar-refractivity contribution in [1.29, 1.82) is 5.26 Å². The van der Waals surface area contributed by atoms with Crippen LogP contribution in [0.4, 0.5) is 0 Å². The predicted octanol–water partition coefficient (Wildman–Crippen LogP) is 11.4. The Hall–Kier alpha value is -7.36. The maximum Gasteiger partial charge on any atom is 0.164 e. The minimum atomic E-state index is 0.543. The molecule has 0 radical (unpaired) electrons. The highest BCUT2D eigenvalue weighted by molar-refractivity contribution is 6.17. The number of nitriles is 1. The van der Waals surface area contributed by atoms with Crippen molar-refractivity contribution in [2.24, 2.45) is 0 Å². The molecule has 0 fully saturated rings. The summed E-state index contributed by atoms with van der Waals surface area (Å²) in [5, 5.41) is 14.8. The van der Waals surface area contributed by atoms with Gasteiger partial charge in [-0.1, -0.05) is 115 Å². The van der Waals surface area contributed by atoms with Gasteiger partial charge in [0.1, 0.15) is 11.2 Å². The van der Waals surface area contributed by atoms with Gasteiger partial charge in [0.25, 0.3) is 0 Å². The third-order valence-electron chi connectivity index (χ3n) is 9.70. The molecule has 10 rings (SSSR count). The third-order valence-corrected chi connectivity index (χ3v) is 9.70. The summed E-state index contributed by atoms with van der Waals surface area (Å²) in [4.78, 5) is 14.9. The molecule has 52 heavy (non-hydrogen) atoms. The average molecular weight is 666 g/mol. The second kappa shape index (κ2) is 11.9. The van der Waals surface area contributed by atoms with Crippen LogP contribution in [0.15, 0.2) is 168 Å². The molecule has 6 nitrogen and oxygen atoms in total. The van der Waals surface area contributed by atoms with Crippen molar-refractivity contribution in [3.05, 3.63) is 169 Å². The SMILES string of the molecule is N#Cc1ccccc1-c1cc(-c2nc(-c3ccccc3)nc(-c3ccccc3)n2)ccc1-n1c2ccccc2c2cc3c(cc21)oc1ccccc13. The van der Waals surface area contributed by atoms with E-state index in [1.54, 1.807) is 0 Å². The van der Waals surface area contributed by atoms with Gasteiger partial charge in [-0.25, -0.2) is 15.0 Å². The first-order valence-corrected chi connectivity index (χ1v) is 17.1. The van der Waals surface area contributed by atoms with E-state index in [0.29, 0.717) is 23.0 Å². The first-order chi connectivity index (χ1) is 25.7. The Bertz CT molecular complexity index is 2970. The molecule has 0 unspecified atom stereocenters. The van der Waals surface area contributed by atoms with Gasteiger partial charge in [0.15, 0.2) is 17.5 Å². The number of hydrogen-bond acceptors (Lipinski definition) is 5. The molecule has 7 aromatic carbocycles. The van der Waals surface area contributed by atoms with Gasteiger partial charge >= 0.3 is 0 Å². The molecule has 0 aliphatic rings. The first-order valence-electron chi connectivity index (χ1n) is 17.1. The van der Waals surface area contributed by atoms with Crippen LogP contribution in [0.2, 0.25) is 0 Å². The summed E-state index contributed by atoms with van der Waals surface area (Å²) in [6.07, 6.45) is 0. The van der Waals surface area contributed by atoms with Crippen LogP contribution in [0.5, 0.6) is 0 Å². The first kappa shape index (κ1) is 29.5. The Morgan fingerprint density at radius 3 is 1.79 bits per heavy atom. The normalized spacial score (nSPS) is 11.4. The number of benzene rings is 7. The van der Waals surface area contributed by atoms with Crippen LogP contribution in [-0.2, 0) is 0 Å². The van der Waals surface area contributed by atoms with Crippen LogP contribution < -0.4 is 0 Å². The molecule has 0 N–H and O–H groups in total. The van der Waals surface area contributed by atoms with Crippen molar-refractivity contribution in [2.45, 2.75) is 0 Å². The lowest BCUT2D eigenvalue weighted by molar-refractivity contribution is 0.669. The zero-order valence-corrected chi connectivity index (χ0v) is 27.7. The van der Waals surface area contributed by atoms with Gasteiger partial charge < -0.3 is 8.98 Å². The summed E-state index contributed by atoms with van der Waals surface area (Å²) in [7, 11) is 0. The molecule has 242 valence electrons. The summed E-state index contributed by atoms with van der Waals surface area (Å²) in [5.41, 5.74) is 9.54. The molecule has 3 heterocycles. The van der Waals surface area contributed by atoms with Gasteiger partial charge in [0.05, 0.1) is 28.4 Å². The fraction of sp³-hybridized carbons (Fsp3) is 0. The Morgan fingerprint density at radius 2 is 1.06 bits per heavy atom. The molecule has 0 saturated carbocycles. The summed E-state index contributed by atoms with van der Waals surface area (Å²) in [5.74, 6) is 1.72. The minimum Gasteiger partial charge on any atom is -0.456 e. The maximum absolute atomic E-state index is 10.3. The second-order valence-electron chi connectivity index (χ2n) is 12.7. The Labute approximate surface area is 298 Å². The smallest absolute Gasteiger partial charge is 0.164 e. The lowest BCUT2D eigenvalue weighted by Gasteiger charge is -2.17. The fourth-order valence-electron chi connectivity index (χ4n) is 7.29. The lowest BCUT2D eigenvalue weighted by Crippen LogP contribution is -2.02. The molecule has 0 saturated heterocycles. The summed E-state index contributed by atoms with van der Waals surface area (Å²) in [6.45, 7) is 0. The zero-order chi connectivity index (χ0) is 34.6. The van der Waals surface area contributed by atoms with E-state index in [1.165, 1.54) is 0 Å². The largest absolute Gasteiger partial charge is 0.456 e. The molecule has 0 bridgehead atoms. The molecule has 0 amide bonds. The van der Waals surface area contributed by atoms with Crippen molar-refractivity contribution in [3.63, 3.8) is 0 Å². The third kappa shape index (κ3) is 4.76. The van der Waals surface area contributed by atoms with Crippen LogP contribution in [0.3, 0.4) is 0 Å². The molecular formula is C46H27N5O. The summed E-state index contributed by atoms with van der Waals surface area (Å²) in [6, 6.07) is 57.4. The van der Waals surface area contributed by atoms with Crippen molar-refractivity contribution in [1.82, 2.24) is 19.5 Å². The van der Waals surface area contributed by atoms with E-state index in [4.69, 9.17) is 19.4 Å². The van der Waals surface area contributed by atoms with Gasteiger partial charge in [-0.2, -0.15) is 5.26 Å². The number of fused-ring (bicyclic) bond motifs is 6. The standard InChI is InChI=1S/C46H27N5O/c47-28-32-17-7-8-18-33(32)36-25-31(46-49-44(29-13-3-1-4-14-29)48-45(50-46)30-15-5-2-6-16-30)23-24-40(36)51-39-21-11-9-19-34(39)37-26-38-35-20-10-12-22-42(35)52-43(38)27-41(37)51/h1-27H. The quantitative estimate of drug-likeness (QED) is 0.183. The van der Waals surface area contributed by atoms with Crippen molar-refractivity contribution < 1.29 is 4.42 Å². The van der Waals surface area contributed by atoms with Crippen molar-refractivity contribution in [2.75, 3.05) is 0 Å². The molecule has 0 atom stereocenters. The van der Waals surface area contributed by atoms with Gasteiger partial charge in [0.2, 0.25) is 0 Å². The van der Waals surface area contributed by atoms with Gasteiger partial charge in [-0.05, 0) is 42.5 Å². The number of hydrogen-bond donors (Lipinski definition) is 0. The van der Waals surface area contributed by atoms with Crippen LogP contribution >= 0.6 is 0 Å². The van der Waals surface area contributed by atoms with Crippen LogP contribution in [0.1, 0.15) is 5.56 Å². The average Bonchev–Trinajstić information content (AvgIpc) is 3.75. The van der Waals surface area contributed by atoms with Crippen molar-refractivity contribution >= 4 is 43.7 Å². The summed E-state index contributed by atoms with van der Waals surface area (Å²) >= 11 is 0. The monoisotopic (exact) mass is 665 g/mol. The van der Waals surface area contributed by atoms with E-state index in [-0.39, 0.29) is 0 Å². The Balaban J connectivity index is 1.26. The van der Waals surface area contributed by atoms with E-state index in [2.05, 4.69) is 71.3 Å². The maximum atomic E-state index is 10.3. The topological polar surface area (TPSA) is 80.5 Å². The number of nitrogens with zero attached hydrogens (tertiary/aromatic N) is 5. The fourth-order valence-corrected chi connectivity index (χ4v) is 7.29. The van der Waals surface area contributed by atoms with E-state index >= 15 is 0 Å². The number of rotatable bonds is 5. The highest BCUT2D eigenvalue weighted by Gasteiger charge is 2.21. The van der Waals surface area contributed by atoms with Crippen molar-refractivity contribution in [3.8, 4) is 57.0 Å². The Morgan fingerprint density at radius 1 is 0.442 bits per heavy atom. The van der Waals surface area contributed by atoms with E-state index in [0.717, 1.165) is 77.2 Å². The second-order valence-corrected chi connectivity index (χ2v) is 12.7. The number of para-hydroxylation sites is 2. The van der Waals surface area contributed by atoms with E-state index < -0.39 is 0 Å². The molecule has 10 aromatic rings. The number of furan rings is 1. The van der Waals surface area contributed by atoms with E-state index in [9.17, 15) is 5.26 Å².